The highest BCUT2D eigenvalue weighted by molar-refractivity contribution is 6.11. The van der Waals surface area contributed by atoms with Crippen LogP contribution in [-0.4, -0.2) is 10.8 Å². The number of hydrogen-bond donors (Lipinski definition) is 1. The molecule has 0 fully saturated rings. The fourth-order valence-corrected chi connectivity index (χ4v) is 1.46. The van der Waals surface area contributed by atoms with Crippen molar-refractivity contribution < 1.29 is 18.0 Å². The van der Waals surface area contributed by atoms with Gasteiger partial charge in [-0.05, 0) is 12.1 Å². The maximum Gasteiger partial charge on any atom is 0.196 e. The molecule has 92 valence electrons. The Kier molecular flexibility index (Phi) is 3.01. The van der Waals surface area contributed by atoms with Gasteiger partial charge in [0.1, 0.15) is 17.5 Å². The van der Waals surface area contributed by atoms with Gasteiger partial charge in [0, 0.05) is 17.8 Å². The van der Waals surface area contributed by atoms with Crippen molar-refractivity contribution in [2.45, 2.75) is 0 Å². The van der Waals surface area contributed by atoms with Gasteiger partial charge in [-0.25, -0.2) is 13.2 Å². The van der Waals surface area contributed by atoms with E-state index in [0.717, 1.165) is 24.5 Å². The van der Waals surface area contributed by atoms with E-state index in [1.807, 2.05) is 0 Å². The first-order valence-electron chi connectivity index (χ1n) is 4.89. The molecule has 0 spiro atoms. The summed E-state index contributed by atoms with van der Waals surface area (Å²) in [5.41, 5.74) is 4.38. The third kappa shape index (κ3) is 2.17. The van der Waals surface area contributed by atoms with Crippen molar-refractivity contribution in [3.05, 3.63) is 59.2 Å². The lowest BCUT2D eigenvalue weighted by Crippen LogP contribution is -2.08. The minimum absolute atomic E-state index is 0.133. The van der Waals surface area contributed by atoms with E-state index in [1.54, 1.807) is 0 Å². The number of rotatable bonds is 2. The molecule has 0 atom stereocenters. The normalized spacial score (nSPS) is 10.4. The summed E-state index contributed by atoms with van der Waals surface area (Å²) in [5, 5.41) is 0. The molecule has 0 aliphatic rings. The van der Waals surface area contributed by atoms with Crippen molar-refractivity contribution in [2.24, 2.45) is 0 Å². The number of carbonyl (C=O) groups excluding carboxylic acids is 1. The summed E-state index contributed by atoms with van der Waals surface area (Å²) < 4.78 is 39.1. The molecule has 0 bridgehead atoms. The lowest BCUT2D eigenvalue weighted by molar-refractivity contribution is 0.103. The molecular weight excluding hydrogens is 245 g/mol. The minimum atomic E-state index is -1.04. The average Bonchev–Trinajstić information content (AvgIpc) is 2.33. The van der Waals surface area contributed by atoms with Gasteiger partial charge in [-0.1, -0.05) is 0 Å². The van der Waals surface area contributed by atoms with Crippen molar-refractivity contribution in [1.29, 1.82) is 0 Å². The van der Waals surface area contributed by atoms with Crippen molar-refractivity contribution >= 4 is 11.5 Å². The summed E-state index contributed by atoms with van der Waals surface area (Å²) in [4.78, 5) is 15.4. The van der Waals surface area contributed by atoms with Crippen LogP contribution in [0.4, 0.5) is 18.9 Å². The number of nitrogen functional groups attached to an aromatic ring is 1. The molecule has 0 aliphatic heterocycles. The number of carbonyl (C=O) groups is 1. The highest BCUT2D eigenvalue weighted by Gasteiger charge is 2.17. The topological polar surface area (TPSA) is 56.0 Å². The smallest absolute Gasteiger partial charge is 0.196 e. The number of nitrogens with two attached hydrogens (primary N) is 1. The lowest BCUT2D eigenvalue weighted by Gasteiger charge is -2.06. The van der Waals surface area contributed by atoms with Crippen LogP contribution in [0.5, 0.6) is 0 Å². The Balaban J connectivity index is 2.53. The van der Waals surface area contributed by atoms with Crippen LogP contribution in [-0.2, 0) is 0 Å². The first-order chi connectivity index (χ1) is 8.49. The number of hydrogen-bond acceptors (Lipinski definition) is 3. The van der Waals surface area contributed by atoms with Crippen LogP contribution < -0.4 is 5.73 Å². The second-order valence-corrected chi connectivity index (χ2v) is 3.57. The van der Waals surface area contributed by atoms with E-state index in [4.69, 9.17) is 5.73 Å². The summed E-state index contributed by atoms with van der Waals surface area (Å²) >= 11 is 0. The van der Waals surface area contributed by atoms with E-state index in [9.17, 15) is 18.0 Å². The summed E-state index contributed by atoms with van der Waals surface area (Å²) in [6, 6.07) is 2.28. The van der Waals surface area contributed by atoms with E-state index in [0.29, 0.717) is 6.07 Å². The van der Waals surface area contributed by atoms with E-state index >= 15 is 0 Å². The van der Waals surface area contributed by atoms with Gasteiger partial charge in [0.25, 0.3) is 0 Å². The summed E-state index contributed by atoms with van der Waals surface area (Å²) in [5.74, 6) is -3.49. The molecule has 3 nitrogen and oxygen atoms in total. The van der Waals surface area contributed by atoms with Crippen LogP contribution in [0.15, 0.2) is 30.6 Å². The van der Waals surface area contributed by atoms with Gasteiger partial charge in [-0.2, -0.15) is 0 Å². The molecule has 6 heteroatoms. The molecule has 2 aromatic rings. The number of ketones is 1. The molecule has 1 heterocycles. The standard InChI is InChI=1S/C12H7F3N2O/c13-7-2-9(11(16)10(15)3-7)12(18)6-1-8(14)5-17-4-6/h1-5H,16H2. The first kappa shape index (κ1) is 12.1. The van der Waals surface area contributed by atoms with Gasteiger partial charge in [-0.3, -0.25) is 9.78 Å². The fourth-order valence-electron chi connectivity index (χ4n) is 1.46. The number of anilines is 1. The Labute approximate surface area is 100 Å². The predicted octanol–water partition coefficient (Wildman–Crippen LogP) is 2.31. The number of benzene rings is 1. The highest BCUT2D eigenvalue weighted by Crippen LogP contribution is 2.21. The van der Waals surface area contributed by atoms with Gasteiger partial charge in [-0.15, -0.1) is 0 Å². The summed E-state index contributed by atoms with van der Waals surface area (Å²) in [7, 11) is 0. The Morgan fingerprint density at radius 2 is 1.78 bits per heavy atom. The van der Waals surface area contributed by atoms with E-state index in [2.05, 4.69) is 4.98 Å². The summed E-state index contributed by atoms with van der Waals surface area (Å²) in [6.07, 6.45) is 2.00. The minimum Gasteiger partial charge on any atom is -0.396 e. The second-order valence-electron chi connectivity index (χ2n) is 3.57. The Bertz CT molecular complexity index is 629. The van der Waals surface area contributed by atoms with Crippen LogP contribution in [0.25, 0.3) is 0 Å². The largest absolute Gasteiger partial charge is 0.396 e. The molecule has 0 aliphatic carbocycles. The molecule has 2 N–H and O–H groups in total. The molecule has 2 rings (SSSR count). The van der Waals surface area contributed by atoms with Gasteiger partial charge in [0.05, 0.1) is 17.4 Å². The molecule has 1 aromatic carbocycles. The maximum atomic E-state index is 13.2. The predicted molar refractivity (Wildman–Crippen MR) is 58.4 cm³/mol. The van der Waals surface area contributed by atoms with Gasteiger partial charge in [0.2, 0.25) is 0 Å². The molecule has 18 heavy (non-hydrogen) atoms. The molecule has 0 saturated carbocycles. The van der Waals surface area contributed by atoms with Crippen LogP contribution in [0.3, 0.4) is 0 Å². The Morgan fingerprint density at radius 1 is 1.06 bits per heavy atom. The zero-order valence-electron chi connectivity index (χ0n) is 8.95. The average molecular weight is 252 g/mol. The van der Waals surface area contributed by atoms with Crippen molar-refractivity contribution in [1.82, 2.24) is 4.98 Å². The van der Waals surface area contributed by atoms with Crippen molar-refractivity contribution in [2.75, 3.05) is 5.73 Å². The molecule has 0 radical (unpaired) electrons. The van der Waals surface area contributed by atoms with Crippen LogP contribution in [0.1, 0.15) is 15.9 Å². The monoisotopic (exact) mass is 252 g/mol. The van der Waals surface area contributed by atoms with Gasteiger partial charge < -0.3 is 5.73 Å². The molecule has 1 aromatic heterocycles. The fraction of sp³-hybridized carbons (Fsp3) is 0. The molecule has 0 saturated heterocycles. The van der Waals surface area contributed by atoms with Gasteiger partial charge in [0.15, 0.2) is 5.78 Å². The van der Waals surface area contributed by atoms with Crippen LogP contribution in [0, 0.1) is 17.5 Å². The van der Waals surface area contributed by atoms with Gasteiger partial charge >= 0.3 is 0 Å². The maximum absolute atomic E-state index is 13.2. The lowest BCUT2D eigenvalue weighted by atomic mass is 10.0. The van der Waals surface area contributed by atoms with Crippen LogP contribution in [0.2, 0.25) is 0 Å². The van der Waals surface area contributed by atoms with E-state index in [-0.39, 0.29) is 11.1 Å². The third-order valence-corrected chi connectivity index (χ3v) is 2.31. The number of pyridine rings is 1. The van der Waals surface area contributed by atoms with Crippen molar-refractivity contribution in [3.8, 4) is 0 Å². The Hall–Kier alpha value is -2.37. The number of nitrogens with zero attached hydrogens (tertiary/aromatic N) is 1. The Morgan fingerprint density at radius 3 is 2.44 bits per heavy atom. The highest BCUT2D eigenvalue weighted by atomic mass is 19.1. The zero-order valence-corrected chi connectivity index (χ0v) is 8.95. The first-order valence-corrected chi connectivity index (χ1v) is 4.89. The molecule has 0 unspecified atom stereocenters. The summed E-state index contributed by atoms with van der Waals surface area (Å²) in [6.45, 7) is 0. The SMILES string of the molecule is Nc1c(F)cc(F)cc1C(=O)c1cncc(F)c1. The van der Waals surface area contributed by atoms with E-state index < -0.39 is 28.9 Å². The van der Waals surface area contributed by atoms with E-state index in [1.165, 1.54) is 0 Å². The second kappa shape index (κ2) is 4.48. The third-order valence-electron chi connectivity index (χ3n) is 2.31. The molecular formula is C12H7F3N2O. The molecule has 0 amide bonds. The van der Waals surface area contributed by atoms with Crippen molar-refractivity contribution in [3.63, 3.8) is 0 Å². The van der Waals surface area contributed by atoms with Crippen LogP contribution >= 0.6 is 0 Å². The zero-order chi connectivity index (χ0) is 13.3. The quantitative estimate of drug-likeness (QED) is 0.659. The number of halogens is 3. The number of aromatic nitrogens is 1.